The molecular weight excluding hydrogens is 240 g/mol. The highest BCUT2D eigenvalue weighted by Crippen LogP contribution is 2.21. The molecule has 3 nitrogen and oxygen atoms in total. The highest BCUT2D eigenvalue weighted by molar-refractivity contribution is 4.93. The van der Waals surface area contributed by atoms with Gasteiger partial charge in [-0.2, -0.15) is 8.78 Å². The van der Waals surface area contributed by atoms with Crippen LogP contribution >= 0.6 is 0 Å². The molecule has 17 heavy (non-hydrogen) atoms. The molecule has 0 atom stereocenters. The van der Waals surface area contributed by atoms with Crippen LogP contribution in [0.4, 0.5) is 17.6 Å². The molecular formula is C10H12F4N2O. The molecule has 0 aliphatic carbocycles. The van der Waals surface area contributed by atoms with Gasteiger partial charge in [0.2, 0.25) is 0 Å². The molecule has 0 spiro atoms. The Hall–Kier alpha value is -1.37. The van der Waals surface area contributed by atoms with Crippen LogP contribution in [-0.4, -0.2) is 30.0 Å². The van der Waals surface area contributed by atoms with Crippen molar-refractivity contribution in [2.75, 3.05) is 13.1 Å². The van der Waals surface area contributed by atoms with E-state index in [0.29, 0.717) is 0 Å². The van der Waals surface area contributed by atoms with Gasteiger partial charge in [-0.25, -0.2) is 8.78 Å². The Balaban J connectivity index is 2.35. The Kier molecular flexibility index (Phi) is 4.68. The van der Waals surface area contributed by atoms with Crippen LogP contribution in [-0.2, 0) is 6.54 Å². The van der Waals surface area contributed by atoms with Crippen molar-refractivity contribution in [2.24, 2.45) is 0 Å². The fourth-order valence-electron chi connectivity index (χ4n) is 1.18. The number of rotatable bonds is 6. The summed E-state index contributed by atoms with van der Waals surface area (Å²) in [5.41, 5.74) is -0.269. The van der Waals surface area contributed by atoms with Crippen LogP contribution < -0.4 is 10.9 Å². The largest absolute Gasteiger partial charge is 0.319 e. The van der Waals surface area contributed by atoms with E-state index in [4.69, 9.17) is 0 Å². The minimum atomic E-state index is -4.04. The Morgan fingerprint density at radius 1 is 1.35 bits per heavy atom. The first kappa shape index (κ1) is 13.7. The summed E-state index contributed by atoms with van der Waals surface area (Å²) < 4.78 is 49.8. The van der Waals surface area contributed by atoms with E-state index in [1.807, 2.05) is 0 Å². The van der Waals surface area contributed by atoms with Crippen LogP contribution in [0.3, 0.4) is 0 Å². The second-order valence-electron chi connectivity index (χ2n) is 3.47. The number of nitrogens with one attached hydrogen (secondary N) is 1. The quantitative estimate of drug-likeness (QED) is 0.612. The Bertz CT molecular complexity index is 405. The van der Waals surface area contributed by atoms with E-state index in [-0.39, 0.29) is 18.6 Å². The van der Waals surface area contributed by atoms with Crippen LogP contribution in [0.25, 0.3) is 0 Å². The van der Waals surface area contributed by atoms with E-state index in [0.717, 1.165) is 0 Å². The first-order valence-corrected chi connectivity index (χ1v) is 4.95. The van der Waals surface area contributed by atoms with Crippen molar-refractivity contribution in [1.29, 1.82) is 0 Å². The molecule has 0 aliphatic rings. The zero-order valence-corrected chi connectivity index (χ0v) is 8.88. The third-order valence-electron chi connectivity index (χ3n) is 2.11. The molecule has 0 fully saturated rings. The van der Waals surface area contributed by atoms with Gasteiger partial charge in [0.05, 0.1) is 6.54 Å². The molecule has 0 bridgehead atoms. The summed E-state index contributed by atoms with van der Waals surface area (Å²) in [5.74, 6) is -4.04. The van der Waals surface area contributed by atoms with Gasteiger partial charge < -0.3 is 9.88 Å². The lowest BCUT2D eigenvalue weighted by Gasteiger charge is -2.15. The maximum atomic E-state index is 12.5. The molecule has 0 saturated carbocycles. The maximum Gasteiger partial charge on any atom is 0.319 e. The summed E-state index contributed by atoms with van der Waals surface area (Å²) in [4.78, 5) is 11.2. The average Bonchev–Trinajstić information content (AvgIpc) is 2.26. The number of pyridine rings is 1. The monoisotopic (exact) mass is 252 g/mol. The molecule has 0 aromatic carbocycles. The number of nitrogens with zero attached hydrogens (tertiary/aromatic N) is 1. The predicted molar refractivity (Wildman–Crippen MR) is 54.5 cm³/mol. The van der Waals surface area contributed by atoms with Gasteiger partial charge in [-0.1, -0.05) is 6.07 Å². The first-order chi connectivity index (χ1) is 7.93. The van der Waals surface area contributed by atoms with Crippen molar-refractivity contribution < 1.29 is 17.6 Å². The second kappa shape index (κ2) is 5.81. The van der Waals surface area contributed by atoms with Crippen LogP contribution in [0.1, 0.15) is 0 Å². The molecule has 7 heteroatoms. The summed E-state index contributed by atoms with van der Waals surface area (Å²) in [6.45, 7) is -0.933. The zero-order chi connectivity index (χ0) is 12.9. The van der Waals surface area contributed by atoms with Crippen molar-refractivity contribution in [3.8, 4) is 0 Å². The molecule has 0 amide bonds. The topological polar surface area (TPSA) is 34.0 Å². The van der Waals surface area contributed by atoms with E-state index in [1.165, 1.54) is 16.8 Å². The Morgan fingerprint density at radius 3 is 2.65 bits per heavy atom. The smallest absolute Gasteiger partial charge is 0.314 e. The van der Waals surface area contributed by atoms with Crippen molar-refractivity contribution in [3.63, 3.8) is 0 Å². The van der Waals surface area contributed by atoms with Crippen LogP contribution in [0, 0.1) is 0 Å². The van der Waals surface area contributed by atoms with Gasteiger partial charge in [0.25, 0.3) is 5.56 Å². The summed E-state index contributed by atoms with van der Waals surface area (Å²) in [6, 6.07) is 4.50. The van der Waals surface area contributed by atoms with Crippen LogP contribution in [0.5, 0.6) is 0 Å². The third kappa shape index (κ3) is 4.18. The standard InChI is InChI=1S/C10H12F4N2O/c11-9(12)10(13,14)7-15-4-6-16-5-2-1-3-8(16)17/h1-3,5,9,15H,4,6-7H2. The van der Waals surface area contributed by atoms with Gasteiger partial charge in [0, 0.05) is 25.4 Å². The normalized spacial score (nSPS) is 12.1. The molecule has 96 valence electrons. The summed E-state index contributed by atoms with van der Waals surface area (Å²) in [6.07, 6.45) is -2.19. The fourth-order valence-corrected chi connectivity index (χ4v) is 1.18. The summed E-state index contributed by atoms with van der Waals surface area (Å²) >= 11 is 0. The number of hydrogen-bond acceptors (Lipinski definition) is 2. The van der Waals surface area contributed by atoms with Crippen molar-refractivity contribution in [2.45, 2.75) is 18.9 Å². The zero-order valence-electron chi connectivity index (χ0n) is 8.88. The van der Waals surface area contributed by atoms with Gasteiger partial charge in [-0.15, -0.1) is 0 Å². The highest BCUT2D eigenvalue weighted by atomic mass is 19.3. The molecule has 0 radical (unpaired) electrons. The van der Waals surface area contributed by atoms with Gasteiger partial charge in [-0.05, 0) is 6.07 Å². The highest BCUT2D eigenvalue weighted by Gasteiger charge is 2.39. The van der Waals surface area contributed by atoms with Gasteiger partial charge in [0.1, 0.15) is 0 Å². The Labute approximate surface area is 95.1 Å². The van der Waals surface area contributed by atoms with E-state index in [9.17, 15) is 22.4 Å². The van der Waals surface area contributed by atoms with Crippen LogP contribution in [0.2, 0.25) is 0 Å². The van der Waals surface area contributed by atoms with E-state index in [2.05, 4.69) is 5.32 Å². The number of halogens is 4. The maximum absolute atomic E-state index is 12.5. The molecule has 1 heterocycles. The predicted octanol–water partition coefficient (Wildman–Crippen LogP) is 1.34. The molecule has 1 aromatic rings. The lowest BCUT2D eigenvalue weighted by atomic mass is 10.3. The van der Waals surface area contributed by atoms with Crippen molar-refractivity contribution >= 4 is 0 Å². The second-order valence-corrected chi connectivity index (χ2v) is 3.47. The van der Waals surface area contributed by atoms with Gasteiger partial charge >= 0.3 is 12.3 Å². The van der Waals surface area contributed by atoms with Gasteiger partial charge in [-0.3, -0.25) is 4.79 Å². The number of aromatic nitrogens is 1. The third-order valence-corrected chi connectivity index (χ3v) is 2.11. The minimum absolute atomic E-state index is 0.0201. The summed E-state index contributed by atoms with van der Waals surface area (Å²) in [7, 11) is 0. The fraction of sp³-hybridized carbons (Fsp3) is 0.500. The van der Waals surface area contributed by atoms with E-state index in [1.54, 1.807) is 12.1 Å². The molecule has 0 aliphatic heterocycles. The lowest BCUT2D eigenvalue weighted by molar-refractivity contribution is -0.125. The SMILES string of the molecule is O=c1ccccn1CCNCC(F)(F)C(F)F. The van der Waals surface area contributed by atoms with Crippen molar-refractivity contribution in [1.82, 2.24) is 9.88 Å². The lowest BCUT2D eigenvalue weighted by Crippen LogP contribution is -2.40. The van der Waals surface area contributed by atoms with Gasteiger partial charge in [0.15, 0.2) is 0 Å². The van der Waals surface area contributed by atoms with Crippen LogP contribution in [0.15, 0.2) is 29.2 Å². The molecule has 0 unspecified atom stereocenters. The number of hydrogen-bond donors (Lipinski definition) is 1. The van der Waals surface area contributed by atoms with E-state index < -0.39 is 18.9 Å². The summed E-state index contributed by atoms with van der Waals surface area (Å²) in [5, 5.41) is 2.19. The first-order valence-electron chi connectivity index (χ1n) is 4.95. The molecule has 1 aromatic heterocycles. The average molecular weight is 252 g/mol. The van der Waals surface area contributed by atoms with Crippen molar-refractivity contribution in [3.05, 3.63) is 34.7 Å². The molecule has 1 N–H and O–H groups in total. The molecule has 1 rings (SSSR count). The van der Waals surface area contributed by atoms with E-state index >= 15 is 0 Å². The number of alkyl halides is 4. The molecule has 0 saturated heterocycles. The Morgan fingerprint density at radius 2 is 2.06 bits per heavy atom. The minimum Gasteiger partial charge on any atom is -0.314 e.